The quantitative estimate of drug-likeness (QED) is 0.213. The molecule has 8 nitrogen and oxygen atoms in total. The second kappa shape index (κ2) is 19.4. The van der Waals surface area contributed by atoms with Crippen LogP contribution in [0.5, 0.6) is 0 Å². The van der Waals surface area contributed by atoms with Crippen LogP contribution in [0.1, 0.15) is 51.1 Å². The highest BCUT2D eigenvalue weighted by molar-refractivity contribution is 7.79. The third kappa shape index (κ3) is 14.9. The van der Waals surface area contributed by atoms with Crippen molar-refractivity contribution < 1.29 is 27.1 Å². The summed E-state index contributed by atoms with van der Waals surface area (Å²) in [7, 11) is 0. The lowest BCUT2D eigenvalue weighted by Crippen LogP contribution is -2.33. The number of ether oxygens (including phenoxy) is 1. The van der Waals surface area contributed by atoms with Gasteiger partial charge in [0.2, 0.25) is 0 Å². The van der Waals surface area contributed by atoms with Gasteiger partial charge in [-0.2, -0.15) is 0 Å². The molecule has 1 aromatic carbocycles. The molecule has 0 bridgehead atoms. The first kappa shape index (κ1) is 32.1. The van der Waals surface area contributed by atoms with E-state index in [-0.39, 0.29) is 42.3 Å². The van der Waals surface area contributed by atoms with Crippen LogP contribution in [0.25, 0.3) is 0 Å². The molecule has 0 saturated heterocycles. The van der Waals surface area contributed by atoms with Crippen molar-refractivity contribution in [1.29, 1.82) is 0 Å². The smallest absolute Gasteiger partial charge is 0.305 e. The monoisotopic (exact) mass is 524 g/mol. The standard InChI is InChI=1S/C22H38N2O6S2.ClH/c1-3-23(4-2)16-17-30-22(25)13-12-21(20-10-6-5-7-11-20)24(14-8-18-31(26)27)15-9-19-32(28)29;/h5-7,10-11,21H,3-4,8-9,12-19H2,1-2H3,(H,26,27)(H,28,29);1H/p-2. The van der Waals surface area contributed by atoms with Crippen LogP contribution in [-0.4, -0.2) is 84.1 Å². The second-order valence-electron chi connectivity index (χ2n) is 7.47. The van der Waals surface area contributed by atoms with Gasteiger partial charge in [-0.15, -0.1) is 12.4 Å². The fourth-order valence-electron chi connectivity index (χ4n) is 3.58. The third-order valence-electron chi connectivity index (χ3n) is 5.32. The van der Waals surface area contributed by atoms with Gasteiger partial charge in [0.05, 0.1) is 0 Å². The maximum atomic E-state index is 12.3. The first-order valence-corrected chi connectivity index (χ1v) is 13.6. The summed E-state index contributed by atoms with van der Waals surface area (Å²) < 4.78 is 49.3. The van der Waals surface area contributed by atoms with Crippen LogP contribution in [0.4, 0.5) is 0 Å². The minimum Gasteiger partial charge on any atom is -0.772 e. The Bertz CT molecular complexity index is 675. The van der Waals surface area contributed by atoms with Gasteiger partial charge in [0.25, 0.3) is 0 Å². The van der Waals surface area contributed by atoms with E-state index in [9.17, 15) is 22.3 Å². The molecule has 11 heteroatoms. The maximum absolute atomic E-state index is 12.3. The average Bonchev–Trinajstić information content (AvgIpc) is 2.76. The number of halogens is 1. The van der Waals surface area contributed by atoms with E-state index in [1.54, 1.807) is 0 Å². The van der Waals surface area contributed by atoms with Crippen molar-refractivity contribution in [3.05, 3.63) is 35.9 Å². The summed E-state index contributed by atoms with van der Waals surface area (Å²) in [4.78, 5) is 16.6. The highest BCUT2D eigenvalue weighted by atomic mass is 35.5. The molecule has 3 atom stereocenters. The molecule has 0 saturated carbocycles. The first-order chi connectivity index (χ1) is 15.4. The Labute approximate surface area is 209 Å². The highest BCUT2D eigenvalue weighted by Crippen LogP contribution is 2.26. The molecular weight excluding hydrogens is 488 g/mol. The molecule has 0 aliphatic carbocycles. The molecule has 0 amide bonds. The average molecular weight is 525 g/mol. The normalized spacial score (nSPS) is 14.0. The van der Waals surface area contributed by atoms with Gasteiger partial charge in [-0.05, 0) is 51.0 Å². The molecule has 0 heterocycles. The van der Waals surface area contributed by atoms with E-state index >= 15 is 0 Å². The molecular formula is C22H37ClN2O6S2-2. The van der Waals surface area contributed by atoms with Crippen molar-refractivity contribution in [1.82, 2.24) is 9.80 Å². The molecule has 1 rings (SSSR count). The van der Waals surface area contributed by atoms with Crippen LogP contribution in [0.15, 0.2) is 30.3 Å². The van der Waals surface area contributed by atoms with Crippen LogP contribution in [0, 0.1) is 0 Å². The Balaban J connectivity index is 0.0000102. The number of esters is 1. The molecule has 0 aliphatic heterocycles. The molecule has 0 aromatic heterocycles. The van der Waals surface area contributed by atoms with Gasteiger partial charge in [0, 0.05) is 30.5 Å². The third-order valence-corrected chi connectivity index (χ3v) is 6.57. The van der Waals surface area contributed by atoms with Gasteiger partial charge < -0.3 is 18.7 Å². The predicted octanol–water partition coefficient (Wildman–Crippen LogP) is 2.66. The van der Waals surface area contributed by atoms with Crippen molar-refractivity contribution in [2.75, 3.05) is 50.8 Å². The molecule has 192 valence electrons. The van der Waals surface area contributed by atoms with Crippen LogP contribution in [-0.2, 0) is 31.7 Å². The van der Waals surface area contributed by atoms with Gasteiger partial charge in [-0.3, -0.25) is 18.1 Å². The number of carbonyl (C=O) groups excluding carboxylic acids is 1. The van der Waals surface area contributed by atoms with Crippen molar-refractivity contribution in [3.8, 4) is 0 Å². The summed E-state index contributed by atoms with van der Waals surface area (Å²) in [5.41, 5.74) is 1.01. The lowest BCUT2D eigenvalue weighted by molar-refractivity contribution is -0.144. The van der Waals surface area contributed by atoms with E-state index in [1.807, 2.05) is 30.3 Å². The summed E-state index contributed by atoms with van der Waals surface area (Å²) >= 11 is -4.25. The Kier molecular flexibility index (Phi) is 18.9. The van der Waals surface area contributed by atoms with E-state index in [4.69, 9.17) is 4.74 Å². The minimum atomic E-state index is -2.13. The van der Waals surface area contributed by atoms with Crippen LogP contribution in [0.2, 0.25) is 0 Å². The number of benzene rings is 1. The number of nitrogens with zero attached hydrogens (tertiary/aromatic N) is 2. The Morgan fingerprint density at radius 3 is 2.00 bits per heavy atom. The van der Waals surface area contributed by atoms with E-state index < -0.39 is 22.2 Å². The van der Waals surface area contributed by atoms with Crippen molar-refractivity contribution >= 4 is 40.5 Å². The predicted molar refractivity (Wildman–Crippen MR) is 133 cm³/mol. The molecule has 33 heavy (non-hydrogen) atoms. The second-order valence-corrected chi connectivity index (χ2v) is 9.50. The van der Waals surface area contributed by atoms with Gasteiger partial charge in [-0.1, -0.05) is 66.3 Å². The van der Waals surface area contributed by atoms with Crippen LogP contribution in [0.3, 0.4) is 0 Å². The number of hydrogen-bond acceptors (Lipinski definition) is 8. The summed E-state index contributed by atoms with van der Waals surface area (Å²) in [5, 5.41) is 0. The number of hydrogen-bond donors (Lipinski definition) is 0. The number of likely N-dealkylation sites (N-methyl/N-ethyl adjacent to an activating group) is 1. The molecule has 0 aliphatic rings. The summed E-state index contributed by atoms with van der Waals surface area (Å²) in [6.45, 7) is 7.98. The summed E-state index contributed by atoms with van der Waals surface area (Å²) in [6.07, 6.45) is 1.62. The largest absolute Gasteiger partial charge is 0.772 e. The zero-order valence-corrected chi connectivity index (χ0v) is 22.0. The number of rotatable bonds is 18. The van der Waals surface area contributed by atoms with Gasteiger partial charge >= 0.3 is 5.97 Å². The summed E-state index contributed by atoms with van der Waals surface area (Å²) in [5.74, 6) is -0.183. The Morgan fingerprint density at radius 2 is 1.52 bits per heavy atom. The Hall–Kier alpha value is -0.880. The van der Waals surface area contributed by atoms with E-state index in [2.05, 4.69) is 23.6 Å². The first-order valence-electron chi connectivity index (χ1n) is 11.2. The summed E-state index contributed by atoms with van der Waals surface area (Å²) in [6, 6.07) is 9.56. The van der Waals surface area contributed by atoms with Crippen LogP contribution < -0.4 is 0 Å². The van der Waals surface area contributed by atoms with Gasteiger partial charge in [-0.25, -0.2) is 0 Å². The fourth-order valence-corrected chi connectivity index (χ4v) is 4.31. The van der Waals surface area contributed by atoms with Gasteiger partial charge in [0.15, 0.2) is 0 Å². The molecule has 0 spiro atoms. The van der Waals surface area contributed by atoms with E-state index in [0.717, 1.165) is 18.7 Å². The highest BCUT2D eigenvalue weighted by Gasteiger charge is 2.21. The SMILES string of the molecule is CCN(CC)CCOC(=O)CCC(c1ccccc1)N(CCCS(=O)[O-])CCCS(=O)[O-].Cl. The lowest BCUT2D eigenvalue weighted by Gasteiger charge is -2.32. The molecule has 0 fully saturated rings. The molecule has 0 radical (unpaired) electrons. The molecule has 3 unspecified atom stereocenters. The lowest BCUT2D eigenvalue weighted by atomic mass is 9.99. The fraction of sp³-hybridized carbons (Fsp3) is 0.682. The van der Waals surface area contributed by atoms with Crippen molar-refractivity contribution in [2.24, 2.45) is 0 Å². The van der Waals surface area contributed by atoms with Gasteiger partial charge in [0.1, 0.15) is 6.61 Å². The maximum Gasteiger partial charge on any atom is 0.305 e. The zero-order valence-electron chi connectivity index (χ0n) is 19.5. The number of carbonyl (C=O) groups is 1. The van der Waals surface area contributed by atoms with E-state index in [1.165, 1.54) is 0 Å². The van der Waals surface area contributed by atoms with Crippen molar-refractivity contribution in [3.63, 3.8) is 0 Å². The topological polar surface area (TPSA) is 113 Å². The minimum absolute atomic E-state index is 0. The van der Waals surface area contributed by atoms with Crippen LogP contribution >= 0.6 is 12.4 Å². The molecule has 1 aromatic rings. The van der Waals surface area contributed by atoms with E-state index in [0.29, 0.717) is 45.5 Å². The zero-order chi connectivity index (χ0) is 23.8. The molecule has 0 N–H and O–H groups in total. The Morgan fingerprint density at radius 1 is 0.970 bits per heavy atom. The van der Waals surface area contributed by atoms with Crippen molar-refractivity contribution in [2.45, 2.75) is 45.6 Å².